The number of halogens is 1. The highest BCUT2D eigenvalue weighted by atomic mass is 19.1. The Kier molecular flexibility index (Phi) is 4.77. The number of aryl methyl sites for hydroxylation is 1. The fraction of sp³-hybridized carbons (Fsp3) is 0.208. The molecule has 1 aromatic heterocycles. The first-order valence-corrected chi connectivity index (χ1v) is 10.4. The van der Waals surface area contributed by atoms with E-state index in [1.165, 1.54) is 11.0 Å². The number of nitrogens with zero attached hydrogens (tertiary/aromatic N) is 2. The van der Waals surface area contributed by atoms with Crippen LogP contribution in [0.3, 0.4) is 0 Å². The molecule has 8 heteroatoms. The summed E-state index contributed by atoms with van der Waals surface area (Å²) in [6.07, 6.45) is 2.23. The molecule has 2 aromatic carbocycles. The fourth-order valence-corrected chi connectivity index (χ4v) is 4.49. The summed E-state index contributed by atoms with van der Waals surface area (Å²) < 4.78 is 16.0. The van der Waals surface area contributed by atoms with Gasteiger partial charge >= 0.3 is 0 Å². The highest BCUT2D eigenvalue weighted by Gasteiger charge is 2.45. The van der Waals surface area contributed by atoms with E-state index in [0.29, 0.717) is 41.0 Å². The van der Waals surface area contributed by atoms with Crippen molar-refractivity contribution in [2.45, 2.75) is 18.5 Å². The second-order valence-corrected chi connectivity index (χ2v) is 8.05. The zero-order valence-electron chi connectivity index (χ0n) is 17.3. The minimum atomic E-state index is -0.823. The molecule has 162 valence electrons. The van der Waals surface area contributed by atoms with Crippen LogP contribution in [-0.2, 0) is 11.8 Å². The van der Waals surface area contributed by atoms with E-state index < -0.39 is 12.1 Å². The highest BCUT2D eigenvalue weighted by molar-refractivity contribution is 6.11. The van der Waals surface area contributed by atoms with Gasteiger partial charge in [0.1, 0.15) is 17.6 Å². The molecule has 3 heterocycles. The molecule has 3 aromatic rings. The molecule has 1 fully saturated rings. The number of anilines is 1. The summed E-state index contributed by atoms with van der Waals surface area (Å²) in [7, 11) is 1.77. The van der Waals surface area contributed by atoms with Crippen molar-refractivity contribution in [1.29, 1.82) is 0 Å². The predicted molar refractivity (Wildman–Crippen MR) is 117 cm³/mol. The largest absolute Gasteiger partial charge is 0.347 e. The number of benzene rings is 2. The molecule has 0 radical (unpaired) electrons. The number of carbonyl (C=O) groups excluding carboxylic acids is 3. The van der Waals surface area contributed by atoms with E-state index >= 15 is 0 Å². The molecule has 7 nitrogen and oxygen atoms in total. The van der Waals surface area contributed by atoms with Gasteiger partial charge < -0.3 is 20.1 Å². The molecule has 2 N–H and O–H groups in total. The van der Waals surface area contributed by atoms with Gasteiger partial charge in [0.15, 0.2) is 0 Å². The SMILES string of the molecule is Cn1cccc1C(=O)NC1CCN2C(=O)c3cc(-c4ccccc4F)ccc3NC(=O)C12. The number of rotatable bonds is 3. The number of hydrogen-bond donors (Lipinski definition) is 2. The molecule has 0 spiro atoms. The number of fused-ring (bicyclic) bond motifs is 2. The van der Waals surface area contributed by atoms with Crippen molar-refractivity contribution in [2.24, 2.45) is 7.05 Å². The van der Waals surface area contributed by atoms with Gasteiger partial charge in [-0.1, -0.05) is 24.3 Å². The molecule has 32 heavy (non-hydrogen) atoms. The van der Waals surface area contributed by atoms with Crippen molar-refractivity contribution < 1.29 is 18.8 Å². The first-order chi connectivity index (χ1) is 15.4. The van der Waals surface area contributed by atoms with Gasteiger partial charge in [0.25, 0.3) is 11.8 Å². The van der Waals surface area contributed by atoms with Crippen LogP contribution in [-0.4, -0.2) is 45.8 Å². The molecule has 2 aliphatic rings. The van der Waals surface area contributed by atoms with Gasteiger partial charge in [-0.2, -0.15) is 0 Å². The van der Waals surface area contributed by atoms with Crippen molar-refractivity contribution >= 4 is 23.4 Å². The van der Waals surface area contributed by atoms with Crippen LogP contribution in [0.2, 0.25) is 0 Å². The normalized spacial score (nSPS) is 19.8. The van der Waals surface area contributed by atoms with Crippen LogP contribution in [0, 0.1) is 5.82 Å². The quantitative estimate of drug-likeness (QED) is 0.668. The van der Waals surface area contributed by atoms with Crippen LogP contribution >= 0.6 is 0 Å². The lowest BCUT2D eigenvalue weighted by molar-refractivity contribution is -0.120. The standard InChI is InChI=1S/C24H21FN4O3/c1-28-11-4-7-20(28)22(30)27-19-10-12-29-21(19)23(31)26-18-9-8-14(13-16(18)24(29)32)15-5-2-3-6-17(15)25/h2-9,11,13,19,21H,10,12H2,1H3,(H,26,31)(H,27,30). The molecule has 0 saturated carbocycles. The number of amides is 3. The summed E-state index contributed by atoms with van der Waals surface area (Å²) in [5, 5.41) is 5.72. The second kappa shape index (κ2) is 7.64. The zero-order chi connectivity index (χ0) is 22.4. The summed E-state index contributed by atoms with van der Waals surface area (Å²) in [6, 6.07) is 13.4. The lowest BCUT2D eigenvalue weighted by atomic mass is 10.0. The number of aromatic nitrogens is 1. The van der Waals surface area contributed by atoms with Crippen molar-refractivity contribution in [2.75, 3.05) is 11.9 Å². The molecule has 0 bridgehead atoms. The summed E-state index contributed by atoms with van der Waals surface area (Å²) in [5.41, 5.74) is 2.08. The molecule has 3 amide bonds. The third-order valence-electron chi connectivity index (χ3n) is 6.11. The smallest absolute Gasteiger partial charge is 0.268 e. The molecule has 2 unspecified atom stereocenters. The van der Waals surface area contributed by atoms with Gasteiger partial charge in [-0.05, 0) is 42.3 Å². The average molecular weight is 432 g/mol. The first kappa shape index (κ1) is 20.0. The zero-order valence-corrected chi connectivity index (χ0v) is 17.3. The van der Waals surface area contributed by atoms with Crippen LogP contribution in [0.15, 0.2) is 60.8 Å². The van der Waals surface area contributed by atoms with Gasteiger partial charge in [-0.25, -0.2) is 4.39 Å². The van der Waals surface area contributed by atoms with Gasteiger partial charge in [-0.3, -0.25) is 14.4 Å². The first-order valence-electron chi connectivity index (χ1n) is 10.4. The Labute approximate surface area is 183 Å². The van der Waals surface area contributed by atoms with Crippen LogP contribution in [0.25, 0.3) is 11.1 Å². The lowest BCUT2D eigenvalue weighted by Crippen LogP contribution is -2.51. The monoisotopic (exact) mass is 432 g/mol. The van der Waals surface area contributed by atoms with E-state index in [0.717, 1.165) is 0 Å². The summed E-state index contributed by atoms with van der Waals surface area (Å²) in [6.45, 7) is 0.332. The Morgan fingerprint density at radius 1 is 1.09 bits per heavy atom. The number of nitrogens with one attached hydrogen (secondary N) is 2. The second-order valence-electron chi connectivity index (χ2n) is 8.05. The summed E-state index contributed by atoms with van der Waals surface area (Å²) in [5.74, 6) is -1.36. The number of carbonyl (C=O) groups is 3. The van der Waals surface area contributed by atoms with Gasteiger partial charge in [0, 0.05) is 25.4 Å². The maximum absolute atomic E-state index is 14.3. The Morgan fingerprint density at radius 3 is 2.66 bits per heavy atom. The molecule has 5 rings (SSSR count). The number of hydrogen-bond acceptors (Lipinski definition) is 3. The van der Waals surface area contributed by atoms with Crippen molar-refractivity contribution in [3.8, 4) is 11.1 Å². The Hall–Kier alpha value is -3.94. The topological polar surface area (TPSA) is 83.4 Å². The molecular weight excluding hydrogens is 411 g/mol. The van der Waals surface area contributed by atoms with Crippen LogP contribution in [0.5, 0.6) is 0 Å². The van der Waals surface area contributed by atoms with Crippen molar-refractivity contribution in [1.82, 2.24) is 14.8 Å². The van der Waals surface area contributed by atoms with Crippen LogP contribution in [0.4, 0.5) is 10.1 Å². The summed E-state index contributed by atoms with van der Waals surface area (Å²) in [4.78, 5) is 40.6. The molecule has 0 aliphatic carbocycles. The lowest BCUT2D eigenvalue weighted by Gasteiger charge is -2.25. The maximum atomic E-state index is 14.3. The van der Waals surface area contributed by atoms with E-state index in [1.54, 1.807) is 66.3 Å². The third kappa shape index (κ3) is 3.24. The van der Waals surface area contributed by atoms with Crippen LogP contribution < -0.4 is 10.6 Å². The van der Waals surface area contributed by atoms with Crippen molar-refractivity contribution in [3.05, 3.63) is 77.9 Å². The molecular formula is C24H21FN4O3. The van der Waals surface area contributed by atoms with Crippen molar-refractivity contribution in [3.63, 3.8) is 0 Å². The third-order valence-corrected chi connectivity index (χ3v) is 6.11. The fourth-order valence-electron chi connectivity index (χ4n) is 4.49. The Balaban J connectivity index is 1.45. The molecule has 2 atom stereocenters. The molecule has 2 aliphatic heterocycles. The predicted octanol–water partition coefficient (Wildman–Crippen LogP) is 2.80. The van der Waals surface area contributed by atoms with Gasteiger partial charge in [0.2, 0.25) is 5.91 Å². The van der Waals surface area contributed by atoms with E-state index in [-0.39, 0.29) is 23.5 Å². The van der Waals surface area contributed by atoms with E-state index in [2.05, 4.69) is 10.6 Å². The minimum Gasteiger partial charge on any atom is -0.347 e. The Morgan fingerprint density at radius 2 is 1.91 bits per heavy atom. The maximum Gasteiger partial charge on any atom is 0.268 e. The van der Waals surface area contributed by atoms with E-state index in [9.17, 15) is 18.8 Å². The average Bonchev–Trinajstić information content (AvgIpc) is 3.37. The van der Waals surface area contributed by atoms with E-state index in [4.69, 9.17) is 0 Å². The molecule has 1 saturated heterocycles. The summed E-state index contributed by atoms with van der Waals surface area (Å²) >= 11 is 0. The highest BCUT2D eigenvalue weighted by Crippen LogP contribution is 2.33. The Bertz CT molecular complexity index is 1250. The van der Waals surface area contributed by atoms with Gasteiger partial charge in [-0.15, -0.1) is 0 Å². The van der Waals surface area contributed by atoms with E-state index in [1.807, 2.05) is 0 Å². The van der Waals surface area contributed by atoms with Crippen LogP contribution in [0.1, 0.15) is 27.3 Å². The van der Waals surface area contributed by atoms with Gasteiger partial charge in [0.05, 0.1) is 17.3 Å². The minimum absolute atomic E-state index is 0.298.